The van der Waals surface area contributed by atoms with Gasteiger partial charge in [0.1, 0.15) is 34.3 Å². The first-order chi connectivity index (χ1) is 37.6. The Bertz CT molecular complexity index is 3400. The van der Waals surface area contributed by atoms with Crippen LogP contribution in [0.1, 0.15) is 124 Å². The number of pyridine rings is 1. The van der Waals surface area contributed by atoms with Gasteiger partial charge >= 0.3 is 0 Å². The van der Waals surface area contributed by atoms with Crippen LogP contribution in [-0.4, -0.2) is 108 Å². The number of ether oxygens (including phenoxy) is 3. The number of hydrogen-bond donors (Lipinski definition) is 4. The van der Waals surface area contributed by atoms with Crippen molar-refractivity contribution in [2.45, 2.75) is 127 Å². The summed E-state index contributed by atoms with van der Waals surface area (Å²) in [5.41, 5.74) is 4.90. The number of H-pyrrole nitrogens is 1. The number of nitro benzene ring substituents is 1. The van der Waals surface area contributed by atoms with Crippen molar-refractivity contribution in [3.05, 3.63) is 135 Å². The molecule has 3 aliphatic heterocycles. The van der Waals surface area contributed by atoms with Crippen LogP contribution in [0, 0.1) is 27.3 Å². The Balaban J connectivity index is 0.794. The lowest BCUT2D eigenvalue weighted by Crippen LogP contribution is -2.68. The van der Waals surface area contributed by atoms with Gasteiger partial charge in [0, 0.05) is 87.3 Å². The molecule has 1 spiro atoms. The quantitative estimate of drug-likeness (QED) is 0.0526. The van der Waals surface area contributed by atoms with Crippen molar-refractivity contribution in [2.24, 2.45) is 11.3 Å². The molecule has 5 heterocycles. The number of nitrogens with zero attached hydrogens (tertiary/aromatic N) is 5. The minimum absolute atomic E-state index is 0.0140. The smallest absolute Gasteiger partial charge is 0.293 e. The maximum Gasteiger partial charge on any atom is 0.293 e. The van der Waals surface area contributed by atoms with Crippen LogP contribution in [-0.2, 0) is 23.0 Å². The van der Waals surface area contributed by atoms with E-state index in [2.05, 4.69) is 98.8 Å². The molecule has 1 atom stereocenters. The van der Waals surface area contributed by atoms with E-state index in [0.717, 1.165) is 101 Å². The number of sulfonamides is 1. The number of anilines is 2. The Hall–Kier alpha value is -6.80. The fourth-order valence-corrected chi connectivity index (χ4v) is 13.8. The van der Waals surface area contributed by atoms with Crippen LogP contribution in [0.4, 0.5) is 21.5 Å². The average Bonchev–Trinajstić information content (AvgIpc) is 3.78. The second kappa shape index (κ2) is 21.0. The molecule has 11 rings (SSSR count). The SMILES string of the molecule is COc1cc(CN2CCN(C3CC4(C3)CN(c3ccc(C(=O)NS(=O)(=O)c5ccc(NC[C@H]6CC[C@](C)(O)CC6)c([N+](=O)[O-])c5)c(Oc5cnc6[nH]cc(F)c6c5)c3)C4)[C@H](c3ccccc3C(C)C)C2)cc2c1OC(C)(C)CC2. The van der Waals surface area contributed by atoms with Crippen molar-refractivity contribution >= 4 is 44.0 Å². The number of amides is 1. The summed E-state index contributed by atoms with van der Waals surface area (Å²) >= 11 is 0. The molecule has 1 amide bonds. The molecule has 2 aliphatic carbocycles. The maximum atomic E-state index is 14.8. The van der Waals surface area contributed by atoms with Crippen LogP contribution < -0.4 is 29.1 Å². The molecule has 6 aromatic rings. The summed E-state index contributed by atoms with van der Waals surface area (Å²) in [6.45, 7) is 16.1. The number of nitrogens with one attached hydrogen (secondary N) is 3. The summed E-state index contributed by atoms with van der Waals surface area (Å²) in [5, 5.41) is 25.9. The Kier molecular flexibility index (Phi) is 14.4. The van der Waals surface area contributed by atoms with Gasteiger partial charge < -0.3 is 34.5 Å². The first-order valence-corrected chi connectivity index (χ1v) is 29.1. The number of methoxy groups -OCH3 is 1. The third-order valence-electron chi connectivity index (χ3n) is 17.3. The molecule has 0 unspecified atom stereocenters. The van der Waals surface area contributed by atoms with Crippen molar-refractivity contribution in [3.63, 3.8) is 0 Å². The molecule has 4 aromatic carbocycles. The highest BCUT2D eigenvalue weighted by Crippen LogP contribution is 2.54. The van der Waals surface area contributed by atoms with E-state index in [1.807, 2.05) is 0 Å². The molecule has 4 N–H and O–H groups in total. The molecule has 2 saturated heterocycles. The molecule has 79 heavy (non-hydrogen) atoms. The number of fused-ring (bicyclic) bond motifs is 2. The minimum atomic E-state index is -4.65. The van der Waals surface area contributed by atoms with E-state index in [9.17, 15) is 32.8 Å². The number of piperazine rings is 1. The first-order valence-electron chi connectivity index (χ1n) is 27.6. The predicted octanol–water partition coefficient (Wildman–Crippen LogP) is 10.6. The van der Waals surface area contributed by atoms with Gasteiger partial charge in [0.25, 0.3) is 21.6 Å². The lowest BCUT2D eigenvalue weighted by molar-refractivity contribution is -0.384. The number of rotatable bonds is 16. The monoisotopic (exact) mass is 1100 g/mol. The van der Waals surface area contributed by atoms with Gasteiger partial charge in [-0.05, 0) is 143 Å². The molecular formula is C60H71FN8O9S. The van der Waals surface area contributed by atoms with Gasteiger partial charge in [0.2, 0.25) is 0 Å². The fraction of sp³-hybridized carbons (Fsp3) is 0.467. The minimum Gasteiger partial charge on any atom is -0.493 e. The van der Waals surface area contributed by atoms with E-state index in [4.69, 9.17) is 14.2 Å². The number of benzene rings is 4. The zero-order chi connectivity index (χ0) is 55.6. The van der Waals surface area contributed by atoms with Crippen molar-refractivity contribution in [2.75, 3.05) is 56.6 Å². The largest absolute Gasteiger partial charge is 0.493 e. The van der Waals surface area contributed by atoms with E-state index in [0.29, 0.717) is 37.0 Å². The van der Waals surface area contributed by atoms with Crippen LogP contribution >= 0.6 is 0 Å². The third-order valence-corrected chi connectivity index (χ3v) is 18.6. The number of nitro groups is 1. The standard InChI is InChI=1S/C60H71FN8O9S/c1-37(2)45-9-7-8-10-46(45)52-34-66(33-39-23-40-17-18-58(3,4)78-55(40)54(24-39)76-6)21-22-68(52)42-28-60(29-42)35-67(36-60)41-11-13-47(53(25-41)77-43-26-48-49(61)32-64-56(48)63-31-43)57(70)65-79(74,75)44-12-14-50(51(27-44)69(72)73)62-30-38-15-19-59(5,71)20-16-38/h7-14,23-27,31-32,37-38,42,52,62,71H,15-22,28-30,33-36H2,1-6H3,(H,63,64)(H,65,70)/t38-,52-,59-/m0/s1. The van der Waals surface area contributed by atoms with E-state index in [1.165, 1.54) is 58.9 Å². The van der Waals surface area contributed by atoms with E-state index < -0.39 is 42.9 Å². The molecule has 19 heteroatoms. The topological polar surface area (TPSA) is 205 Å². The lowest BCUT2D eigenvalue weighted by atomic mass is 9.59. The van der Waals surface area contributed by atoms with E-state index in [1.54, 1.807) is 26.2 Å². The summed E-state index contributed by atoms with van der Waals surface area (Å²) in [6, 6.07) is 23.8. The number of aryl methyl sites for hydroxylation is 1. The van der Waals surface area contributed by atoms with Gasteiger partial charge in [-0.15, -0.1) is 0 Å². The molecule has 0 radical (unpaired) electrons. The molecule has 4 fully saturated rings. The normalized spacial score (nSPS) is 22.2. The number of aromatic amines is 1. The third kappa shape index (κ3) is 11.2. The number of hydrogen-bond acceptors (Lipinski definition) is 14. The molecule has 17 nitrogen and oxygen atoms in total. The highest BCUT2D eigenvalue weighted by molar-refractivity contribution is 7.90. The van der Waals surface area contributed by atoms with Gasteiger partial charge in [-0.1, -0.05) is 44.2 Å². The van der Waals surface area contributed by atoms with E-state index in [-0.39, 0.29) is 51.1 Å². The average molecular weight is 1100 g/mol. The van der Waals surface area contributed by atoms with Gasteiger partial charge in [-0.2, -0.15) is 0 Å². The summed E-state index contributed by atoms with van der Waals surface area (Å²) in [7, 11) is -2.93. The van der Waals surface area contributed by atoms with Crippen molar-refractivity contribution in [1.29, 1.82) is 0 Å². The van der Waals surface area contributed by atoms with Crippen LogP contribution in [0.2, 0.25) is 0 Å². The van der Waals surface area contributed by atoms with Crippen molar-refractivity contribution in [1.82, 2.24) is 24.5 Å². The van der Waals surface area contributed by atoms with Crippen LogP contribution in [0.15, 0.2) is 96.2 Å². The highest BCUT2D eigenvalue weighted by atomic mass is 32.2. The molecule has 418 valence electrons. The highest BCUT2D eigenvalue weighted by Gasteiger charge is 2.55. The zero-order valence-electron chi connectivity index (χ0n) is 45.8. The van der Waals surface area contributed by atoms with Crippen LogP contribution in [0.3, 0.4) is 0 Å². The summed E-state index contributed by atoms with van der Waals surface area (Å²) in [6.07, 6.45) is 9.23. The van der Waals surface area contributed by atoms with Crippen LogP contribution in [0.5, 0.6) is 23.0 Å². The Morgan fingerprint density at radius 1 is 1.00 bits per heavy atom. The Morgan fingerprint density at radius 2 is 1.77 bits per heavy atom. The maximum absolute atomic E-state index is 14.8. The summed E-state index contributed by atoms with van der Waals surface area (Å²) < 4.78 is 63.2. The number of halogens is 1. The molecule has 5 aliphatic rings. The number of aromatic nitrogens is 2. The fourth-order valence-electron chi connectivity index (χ4n) is 12.8. The van der Waals surface area contributed by atoms with Crippen molar-refractivity contribution in [3.8, 4) is 23.0 Å². The van der Waals surface area contributed by atoms with Crippen LogP contribution in [0.25, 0.3) is 11.0 Å². The van der Waals surface area contributed by atoms with E-state index >= 15 is 0 Å². The summed E-state index contributed by atoms with van der Waals surface area (Å²) in [5.74, 6) is 0.753. The Labute approximate surface area is 461 Å². The Morgan fingerprint density at radius 3 is 2.52 bits per heavy atom. The molecule has 2 aromatic heterocycles. The zero-order valence-corrected chi connectivity index (χ0v) is 46.6. The van der Waals surface area contributed by atoms with Gasteiger partial charge in [0.05, 0.1) is 39.7 Å². The lowest BCUT2D eigenvalue weighted by Gasteiger charge is -2.63. The molecular weight excluding hydrogens is 1030 g/mol. The first kappa shape index (κ1) is 54.2. The van der Waals surface area contributed by atoms with Crippen molar-refractivity contribution < 1.29 is 41.8 Å². The predicted molar refractivity (Wildman–Crippen MR) is 300 cm³/mol. The number of carbonyl (C=O) groups excluding carboxylic acids is 1. The van der Waals surface area contributed by atoms with Gasteiger partial charge in [-0.25, -0.2) is 22.5 Å². The van der Waals surface area contributed by atoms with Gasteiger partial charge in [-0.3, -0.25) is 24.7 Å². The summed E-state index contributed by atoms with van der Waals surface area (Å²) in [4.78, 5) is 39.9. The van der Waals surface area contributed by atoms with Gasteiger partial charge in [0.15, 0.2) is 11.5 Å². The molecule has 0 bridgehead atoms. The molecule has 2 saturated carbocycles. The number of carbonyl (C=O) groups is 1. The second-order valence-electron chi connectivity index (χ2n) is 24.0. The number of aliphatic hydroxyl groups is 1. The second-order valence-corrected chi connectivity index (χ2v) is 25.7.